The number of hydrogen-bond donors (Lipinski definition) is 2. The van der Waals surface area contributed by atoms with Gasteiger partial charge in [-0.05, 0) is 66.6 Å². The third-order valence-electron chi connectivity index (χ3n) is 6.75. The second-order valence-corrected chi connectivity index (χ2v) is 11.7. The maximum atomic E-state index is 12.4. The number of aryl methyl sites for hydroxylation is 1. The Balaban J connectivity index is 1.51. The number of anilines is 1. The zero-order chi connectivity index (χ0) is 26.3. The van der Waals surface area contributed by atoms with E-state index in [2.05, 4.69) is 21.8 Å². The van der Waals surface area contributed by atoms with E-state index in [0.29, 0.717) is 12.2 Å². The first-order chi connectivity index (χ1) is 17.8. The molecule has 3 aromatic carbocycles. The van der Waals surface area contributed by atoms with Gasteiger partial charge in [-0.2, -0.15) is 12.7 Å². The van der Waals surface area contributed by atoms with E-state index in [-0.39, 0.29) is 12.6 Å². The molecule has 2 N–H and O–H groups in total. The van der Waals surface area contributed by atoms with Crippen LogP contribution in [0.5, 0.6) is 5.75 Å². The van der Waals surface area contributed by atoms with Crippen molar-refractivity contribution in [2.24, 2.45) is 0 Å². The summed E-state index contributed by atoms with van der Waals surface area (Å²) in [4.78, 5) is 2.35. The van der Waals surface area contributed by atoms with Crippen LogP contribution in [0.1, 0.15) is 29.5 Å². The highest BCUT2D eigenvalue weighted by atomic mass is 32.2. The lowest BCUT2D eigenvalue weighted by Crippen LogP contribution is -2.42. The van der Waals surface area contributed by atoms with Crippen LogP contribution in [0.25, 0.3) is 0 Å². The van der Waals surface area contributed by atoms with Crippen molar-refractivity contribution in [1.82, 2.24) is 9.21 Å². The lowest BCUT2D eigenvalue weighted by Gasteiger charge is -2.33. The highest BCUT2D eigenvalue weighted by Gasteiger charge is 2.26. The fourth-order valence-electron chi connectivity index (χ4n) is 4.75. The van der Waals surface area contributed by atoms with Gasteiger partial charge in [0.1, 0.15) is 18.5 Å². The molecule has 7 nitrogen and oxygen atoms in total. The minimum absolute atomic E-state index is 0.202. The standard InChI is InChI=1S/C29H37N3O4S/c1-31(2)37(34,35)30-26-17-16-24-12-9-13-27(19-25(24)18-26)32(20-23-10-5-3-6-11-23)21-28(33)22-36-29-14-7-4-8-15-29/h3-8,10-11,14-18,27-28,30,33H,9,12-13,19-22H2,1-2H3/t27?,28-/m0/s1. The Morgan fingerprint density at radius 2 is 1.70 bits per heavy atom. The molecule has 8 heteroatoms. The fraction of sp³-hybridized carbons (Fsp3) is 0.379. The molecule has 0 fully saturated rings. The number of hydrogen-bond acceptors (Lipinski definition) is 5. The number of fused-ring (bicyclic) bond motifs is 1. The van der Waals surface area contributed by atoms with Gasteiger partial charge in [-0.15, -0.1) is 0 Å². The average molecular weight is 524 g/mol. The number of benzene rings is 3. The van der Waals surface area contributed by atoms with Gasteiger partial charge in [0.25, 0.3) is 0 Å². The van der Waals surface area contributed by atoms with E-state index in [0.717, 1.165) is 43.5 Å². The van der Waals surface area contributed by atoms with Crippen LogP contribution in [0.4, 0.5) is 5.69 Å². The van der Waals surface area contributed by atoms with Gasteiger partial charge in [0.2, 0.25) is 0 Å². The summed E-state index contributed by atoms with van der Waals surface area (Å²) in [5, 5.41) is 10.9. The minimum atomic E-state index is -3.58. The largest absolute Gasteiger partial charge is 0.491 e. The van der Waals surface area contributed by atoms with E-state index in [1.807, 2.05) is 66.7 Å². The molecule has 3 aromatic rings. The molecule has 4 rings (SSSR count). The normalized spacial score (nSPS) is 16.7. The van der Waals surface area contributed by atoms with Crippen LogP contribution in [0, 0.1) is 0 Å². The molecule has 1 aliphatic rings. The van der Waals surface area contributed by atoms with E-state index in [9.17, 15) is 13.5 Å². The van der Waals surface area contributed by atoms with Crippen molar-refractivity contribution in [1.29, 1.82) is 0 Å². The van der Waals surface area contributed by atoms with Crippen LogP contribution < -0.4 is 9.46 Å². The first-order valence-corrected chi connectivity index (χ1v) is 14.2. The highest BCUT2D eigenvalue weighted by Crippen LogP contribution is 2.28. The number of nitrogens with one attached hydrogen (secondary N) is 1. The smallest absolute Gasteiger partial charge is 0.301 e. The molecule has 1 aliphatic carbocycles. The van der Waals surface area contributed by atoms with E-state index < -0.39 is 16.3 Å². The number of rotatable bonds is 11. The molecule has 0 amide bonds. The van der Waals surface area contributed by atoms with Crippen LogP contribution in [0.15, 0.2) is 78.9 Å². The summed E-state index contributed by atoms with van der Waals surface area (Å²) in [6, 6.07) is 25.9. The number of para-hydroxylation sites is 1. The number of nitrogens with zero attached hydrogens (tertiary/aromatic N) is 2. The molecule has 0 saturated carbocycles. The van der Waals surface area contributed by atoms with Crippen LogP contribution in [0.2, 0.25) is 0 Å². The van der Waals surface area contributed by atoms with E-state index in [1.165, 1.54) is 29.5 Å². The SMILES string of the molecule is CN(C)S(=O)(=O)Nc1ccc2c(c1)CC(N(Cc1ccccc1)C[C@H](O)COc1ccccc1)CCC2. The molecule has 0 aliphatic heterocycles. The van der Waals surface area contributed by atoms with Gasteiger partial charge in [-0.3, -0.25) is 9.62 Å². The molecule has 1 unspecified atom stereocenters. The molecule has 37 heavy (non-hydrogen) atoms. The number of aliphatic hydroxyl groups is 1. The summed E-state index contributed by atoms with van der Waals surface area (Å²) < 4.78 is 34.4. The lowest BCUT2D eigenvalue weighted by molar-refractivity contribution is 0.0463. The number of ether oxygens (including phenoxy) is 1. The van der Waals surface area contributed by atoms with Crippen molar-refractivity contribution < 1.29 is 18.3 Å². The Kier molecular flexibility index (Phi) is 9.21. The van der Waals surface area contributed by atoms with Crippen molar-refractivity contribution >= 4 is 15.9 Å². The first-order valence-electron chi connectivity index (χ1n) is 12.8. The molecule has 0 heterocycles. The Morgan fingerprint density at radius 1 is 1.00 bits per heavy atom. The highest BCUT2D eigenvalue weighted by molar-refractivity contribution is 7.90. The molecule has 2 atom stereocenters. The van der Waals surface area contributed by atoms with Gasteiger partial charge in [-0.1, -0.05) is 54.6 Å². The fourth-order valence-corrected chi connectivity index (χ4v) is 5.36. The Bertz CT molecular complexity index is 1240. The minimum Gasteiger partial charge on any atom is -0.491 e. The Morgan fingerprint density at radius 3 is 2.41 bits per heavy atom. The van der Waals surface area contributed by atoms with Crippen LogP contribution in [-0.4, -0.2) is 62.1 Å². The molecule has 198 valence electrons. The first kappa shape index (κ1) is 27.1. The summed E-state index contributed by atoms with van der Waals surface area (Å²) >= 11 is 0. The third-order valence-corrected chi connectivity index (χ3v) is 8.20. The molecule has 0 aromatic heterocycles. The second-order valence-electron chi connectivity index (χ2n) is 9.82. The third kappa shape index (κ3) is 7.79. The lowest BCUT2D eigenvalue weighted by atomic mass is 9.99. The zero-order valence-corrected chi connectivity index (χ0v) is 22.4. The summed E-state index contributed by atoms with van der Waals surface area (Å²) in [5.41, 5.74) is 4.16. The molecule has 0 saturated heterocycles. The van der Waals surface area contributed by atoms with E-state index in [1.54, 1.807) is 0 Å². The average Bonchev–Trinajstić information content (AvgIpc) is 3.10. The quantitative estimate of drug-likeness (QED) is 0.370. The van der Waals surface area contributed by atoms with Crippen molar-refractivity contribution in [2.45, 2.75) is 44.4 Å². The van der Waals surface area contributed by atoms with Gasteiger partial charge in [-0.25, -0.2) is 0 Å². The Labute approximate surface area is 220 Å². The van der Waals surface area contributed by atoms with Crippen molar-refractivity contribution in [2.75, 3.05) is 32.0 Å². The second kappa shape index (κ2) is 12.6. The molecule has 0 spiro atoms. The van der Waals surface area contributed by atoms with E-state index in [4.69, 9.17) is 4.74 Å². The van der Waals surface area contributed by atoms with Gasteiger partial charge < -0.3 is 9.84 Å². The predicted octanol–water partition coefficient (Wildman–Crippen LogP) is 4.09. The van der Waals surface area contributed by atoms with Crippen LogP contribution >= 0.6 is 0 Å². The summed E-state index contributed by atoms with van der Waals surface area (Å²) in [7, 11) is -0.557. The number of aliphatic hydroxyl groups excluding tert-OH is 1. The van der Waals surface area contributed by atoms with E-state index >= 15 is 0 Å². The van der Waals surface area contributed by atoms with Crippen molar-refractivity contribution in [3.05, 3.63) is 95.6 Å². The monoisotopic (exact) mass is 523 g/mol. The summed E-state index contributed by atoms with van der Waals surface area (Å²) in [6.45, 7) is 1.42. The molecule has 0 bridgehead atoms. The molecular weight excluding hydrogens is 486 g/mol. The van der Waals surface area contributed by atoms with Crippen LogP contribution in [0.3, 0.4) is 0 Å². The topological polar surface area (TPSA) is 82.1 Å². The Hall–Kier alpha value is -2.91. The summed E-state index contributed by atoms with van der Waals surface area (Å²) in [5.74, 6) is 0.743. The maximum absolute atomic E-state index is 12.4. The van der Waals surface area contributed by atoms with Gasteiger partial charge in [0.15, 0.2) is 0 Å². The van der Waals surface area contributed by atoms with Crippen molar-refractivity contribution in [3.8, 4) is 5.75 Å². The van der Waals surface area contributed by atoms with Crippen LogP contribution in [-0.2, 0) is 29.6 Å². The van der Waals surface area contributed by atoms with Crippen molar-refractivity contribution in [3.63, 3.8) is 0 Å². The van der Waals surface area contributed by atoms with Gasteiger partial charge in [0.05, 0.1) is 5.69 Å². The molecule has 0 radical (unpaired) electrons. The maximum Gasteiger partial charge on any atom is 0.301 e. The predicted molar refractivity (Wildman–Crippen MR) is 148 cm³/mol. The van der Waals surface area contributed by atoms with Gasteiger partial charge >= 0.3 is 10.2 Å². The zero-order valence-electron chi connectivity index (χ0n) is 21.6. The molecular formula is C29H37N3O4S. The summed E-state index contributed by atoms with van der Waals surface area (Å²) in [6.07, 6.45) is 3.11. The van der Waals surface area contributed by atoms with Gasteiger partial charge in [0, 0.05) is 33.2 Å².